The third-order valence-electron chi connectivity index (χ3n) is 4.72. The average Bonchev–Trinajstić information content (AvgIpc) is 3.20. The molecule has 0 bridgehead atoms. The summed E-state index contributed by atoms with van der Waals surface area (Å²) in [6.45, 7) is 6.20. The lowest BCUT2D eigenvalue weighted by molar-refractivity contribution is 0.764. The van der Waals surface area contributed by atoms with Crippen molar-refractivity contribution >= 4 is 11.5 Å². The zero-order valence-corrected chi connectivity index (χ0v) is 15.4. The van der Waals surface area contributed by atoms with Gasteiger partial charge in [-0.05, 0) is 20.8 Å². The minimum atomic E-state index is 0.0998. The van der Waals surface area contributed by atoms with Crippen LogP contribution >= 0.6 is 0 Å². The van der Waals surface area contributed by atoms with Gasteiger partial charge < -0.3 is 5.32 Å². The Hall–Kier alpha value is -3.15. The number of hydrogen-bond donors (Lipinski definition) is 1. The normalized spacial score (nSPS) is 12.5. The van der Waals surface area contributed by atoms with E-state index >= 15 is 0 Å². The van der Waals surface area contributed by atoms with Gasteiger partial charge in [-0.1, -0.05) is 30.3 Å². The van der Waals surface area contributed by atoms with Crippen LogP contribution in [0.25, 0.3) is 16.9 Å². The Morgan fingerprint density at radius 3 is 2.58 bits per heavy atom. The smallest absolute Gasteiger partial charge is 0.161 e. The first-order chi connectivity index (χ1) is 12.5. The number of fused-ring (bicyclic) bond motifs is 1. The molecule has 6 heteroatoms. The number of anilines is 1. The second-order valence-corrected chi connectivity index (χ2v) is 6.65. The molecule has 1 N–H and O–H groups in total. The average molecular weight is 346 g/mol. The van der Waals surface area contributed by atoms with E-state index < -0.39 is 0 Å². The van der Waals surface area contributed by atoms with Crippen LogP contribution in [0.15, 0.2) is 48.8 Å². The number of hydrogen-bond acceptors (Lipinski definition) is 4. The van der Waals surface area contributed by atoms with Gasteiger partial charge in [0.2, 0.25) is 0 Å². The molecule has 1 atom stereocenters. The second kappa shape index (κ2) is 6.29. The molecule has 0 amide bonds. The van der Waals surface area contributed by atoms with Gasteiger partial charge in [-0.2, -0.15) is 14.7 Å². The van der Waals surface area contributed by atoms with Gasteiger partial charge in [-0.3, -0.25) is 4.68 Å². The quantitative estimate of drug-likeness (QED) is 0.608. The van der Waals surface area contributed by atoms with E-state index in [1.165, 1.54) is 0 Å². The molecule has 26 heavy (non-hydrogen) atoms. The van der Waals surface area contributed by atoms with Gasteiger partial charge in [0.05, 0.1) is 23.6 Å². The Morgan fingerprint density at radius 2 is 1.88 bits per heavy atom. The summed E-state index contributed by atoms with van der Waals surface area (Å²) in [5.74, 6) is 0.918. The molecule has 4 aromatic rings. The third kappa shape index (κ3) is 2.83. The number of aromatic nitrogens is 5. The highest BCUT2D eigenvalue weighted by molar-refractivity contribution is 5.68. The molecule has 0 aliphatic carbocycles. The summed E-state index contributed by atoms with van der Waals surface area (Å²) in [4.78, 5) is 4.85. The maximum Gasteiger partial charge on any atom is 0.161 e. The number of aryl methyl sites for hydroxylation is 3. The van der Waals surface area contributed by atoms with E-state index in [0.717, 1.165) is 39.5 Å². The molecular weight excluding hydrogens is 324 g/mol. The molecule has 132 valence electrons. The predicted molar refractivity (Wildman–Crippen MR) is 103 cm³/mol. The summed E-state index contributed by atoms with van der Waals surface area (Å²) in [5, 5.41) is 12.5. The molecule has 0 saturated carbocycles. The lowest BCUT2D eigenvalue weighted by Gasteiger charge is -2.16. The van der Waals surface area contributed by atoms with Crippen LogP contribution in [0.3, 0.4) is 0 Å². The van der Waals surface area contributed by atoms with Crippen molar-refractivity contribution in [1.29, 1.82) is 0 Å². The van der Waals surface area contributed by atoms with Gasteiger partial charge in [0.15, 0.2) is 5.65 Å². The lowest BCUT2D eigenvalue weighted by atomic mass is 10.1. The van der Waals surface area contributed by atoms with Gasteiger partial charge in [0, 0.05) is 36.0 Å². The summed E-state index contributed by atoms with van der Waals surface area (Å²) in [6, 6.07) is 12.4. The highest BCUT2D eigenvalue weighted by Crippen LogP contribution is 2.27. The largest absolute Gasteiger partial charge is 0.363 e. The van der Waals surface area contributed by atoms with Crippen molar-refractivity contribution in [3.8, 4) is 11.3 Å². The Bertz CT molecular complexity index is 1060. The first kappa shape index (κ1) is 16.3. The monoisotopic (exact) mass is 346 g/mol. The van der Waals surface area contributed by atoms with Gasteiger partial charge >= 0.3 is 0 Å². The molecule has 0 aliphatic heterocycles. The van der Waals surface area contributed by atoms with Crippen LogP contribution in [0, 0.1) is 13.8 Å². The van der Waals surface area contributed by atoms with Crippen molar-refractivity contribution in [3.63, 3.8) is 0 Å². The summed E-state index contributed by atoms with van der Waals surface area (Å²) in [5.41, 5.74) is 6.11. The van der Waals surface area contributed by atoms with Crippen LogP contribution in [0.2, 0.25) is 0 Å². The second-order valence-electron chi connectivity index (χ2n) is 6.65. The van der Waals surface area contributed by atoms with E-state index in [9.17, 15) is 0 Å². The molecule has 3 aromatic heterocycles. The van der Waals surface area contributed by atoms with E-state index in [1.807, 2.05) is 53.8 Å². The molecule has 4 rings (SSSR count). The fourth-order valence-electron chi connectivity index (χ4n) is 3.06. The first-order valence-electron chi connectivity index (χ1n) is 8.70. The Morgan fingerprint density at radius 1 is 1.12 bits per heavy atom. The zero-order valence-electron chi connectivity index (χ0n) is 15.4. The maximum absolute atomic E-state index is 4.85. The van der Waals surface area contributed by atoms with Gasteiger partial charge in [-0.15, -0.1) is 0 Å². The first-order valence-corrected chi connectivity index (χ1v) is 8.70. The SMILES string of the molecule is Cc1nn2c(NC(C)c3cnn(C)c3)cc(-c3ccccc3)nc2c1C. The van der Waals surface area contributed by atoms with Crippen LogP contribution in [-0.4, -0.2) is 24.4 Å². The fourth-order valence-corrected chi connectivity index (χ4v) is 3.06. The zero-order chi connectivity index (χ0) is 18.3. The highest BCUT2D eigenvalue weighted by atomic mass is 15.3. The molecule has 1 unspecified atom stereocenters. The van der Waals surface area contributed by atoms with E-state index in [0.29, 0.717) is 0 Å². The van der Waals surface area contributed by atoms with E-state index in [2.05, 4.69) is 47.6 Å². The van der Waals surface area contributed by atoms with Gasteiger partial charge in [-0.25, -0.2) is 4.98 Å². The van der Waals surface area contributed by atoms with E-state index in [-0.39, 0.29) is 6.04 Å². The highest BCUT2D eigenvalue weighted by Gasteiger charge is 2.16. The predicted octanol–water partition coefficient (Wildman–Crippen LogP) is 3.92. The molecule has 1 aromatic carbocycles. The lowest BCUT2D eigenvalue weighted by Crippen LogP contribution is -2.11. The third-order valence-corrected chi connectivity index (χ3v) is 4.72. The Kier molecular flexibility index (Phi) is 3.95. The summed E-state index contributed by atoms with van der Waals surface area (Å²) < 4.78 is 3.71. The molecule has 0 aliphatic rings. The van der Waals surface area contributed by atoms with Crippen molar-refractivity contribution < 1.29 is 0 Å². The Balaban J connectivity index is 1.83. The van der Waals surface area contributed by atoms with E-state index in [1.54, 1.807) is 0 Å². The van der Waals surface area contributed by atoms with Crippen LogP contribution in [0.1, 0.15) is 29.8 Å². The molecule has 3 heterocycles. The van der Waals surface area contributed by atoms with Crippen molar-refractivity contribution in [2.24, 2.45) is 7.05 Å². The molecule has 0 saturated heterocycles. The van der Waals surface area contributed by atoms with Gasteiger partial charge in [0.25, 0.3) is 0 Å². The van der Waals surface area contributed by atoms with Crippen molar-refractivity contribution in [2.45, 2.75) is 26.8 Å². The number of benzene rings is 1. The minimum absolute atomic E-state index is 0.0998. The molecule has 0 spiro atoms. The van der Waals surface area contributed by atoms with Crippen LogP contribution in [-0.2, 0) is 7.05 Å². The molecular formula is C20H22N6. The van der Waals surface area contributed by atoms with Crippen molar-refractivity contribution in [1.82, 2.24) is 24.4 Å². The van der Waals surface area contributed by atoms with E-state index in [4.69, 9.17) is 4.98 Å². The number of nitrogens with one attached hydrogen (secondary N) is 1. The summed E-state index contributed by atoms with van der Waals surface area (Å²) in [7, 11) is 1.93. The fraction of sp³-hybridized carbons (Fsp3) is 0.250. The summed E-state index contributed by atoms with van der Waals surface area (Å²) >= 11 is 0. The maximum atomic E-state index is 4.85. The van der Waals surface area contributed by atoms with Gasteiger partial charge in [0.1, 0.15) is 5.82 Å². The standard InChI is InChI=1S/C20H22N6/c1-13-14(2)24-26-19(22-15(3)17-11-21-25(4)12-17)10-18(23-20(13)26)16-8-6-5-7-9-16/h5-12,15,22H,1-4H3. The topological polar surface area (TPSA) is 60.0 Å². The number of nitrogens with zero attached hydrogens (tertiary/aromatic N) is 5. The van der Waals surface area contributed by atoms with Crippen molar-refractivity contribution in [2.75, 3.05) is 5.32 Å². The van der Waals surface area contributed by atoms with Crippen molar-refractivity contribution in [3.05, 3.63) is 65.6 Å². The molecule has 0 fully saturated rings. The minimum Gasteiger partial charge on any atom is -0.363 e. The number of rotatable bonds is 4. The summed E-state index contributed by atoms with van der Waals surface area (Å²) in [6.07, 6.45) is 3.90. The van der Waals surface area contributed by atoms with Crippen LogP contribution in [0.5, 0.6) is 0 Å². The van der Waals surface area contributed by atoms with Crippen LogP contribution in [0.4, 0.5) is 5.82 Å². The molecule has 6 nitrogen and oxygen atoms in total. The molecule has 0 radical (unpaired) electrons. The van der Waals surface area contributed by atoms with Crippen LogP contribution < -0.4 is 5.32 Å². The Labute approximate surface area is 152 Å².